The predicted octanol–water partition coefficient (Wildman–Crippen LogP) is 7.07. The number of benzene rings is 3. The molecule has 0 aliphatic carbocycles. The van der Waals surface area contributed by atoms with Crippen LogP contribution in [0.2, 0.25) is 5.02 Å². The van der Waals surface area contributed by atoms with Gasteiger partial charge in [0.1, 0.15) is 17.6 Å². The summed E-state index contributed by atoms with van der Waals surface area (Å²) in [4.78, 5) is 13.1. The monoisotopic (exact) mass is 433 g/mol. The molecular formula is C26H24ClNO3. The number of carbonyl (C=O) groups excluding carboxylic acids is 1. The number of hydrogen-bond acceptors (Lipinski definition) is 4. The van der Waals surface area contributed by atoms with E-state index >= 15 is 0 Å². The van der Waals surface area contributed by atoms with Crippen LogP contribution in [0.5, 0.6) is 11.5 Å². The van der Waals surface area contributed by atoms with Crippen molar-refractivity contribution in [2.45, 2.75) is 32.3 Å². The summed E-state index contributed by atoms with van der Waals surface area (Å²) in [6.07, 6.45) is -0.245. The molecule has 3 atom stereocenters. The quantitative estimate of drug-likeness (QED) is 0.356. The lowest BCUT2D eigenvalue weighted by atomic mass is 9.85. The van der Waals surface area contributed by atoms with Gasteiger partial charge in [-0.05, 0) is 47.9 Å². The lowest BCUT2D eigenvalue weighted by molar-refractivity contribution is -0.150. The average Bonchev–Trinajstić information content (AvgIpc) is 2.79. The summed E-state index contributed by atoms with van der Waals surface area (Å²) >= 11 is 6.00. The molecule has 0 bridgehead atoms. The SMILES string of the molecule is CCC(C)C(C(=O)OC(C#N)c1cccc(Oc2ccccc2)c1)c1ccc(Cl)cc1. The molecule has 0 aromatic heterocycles. The molecule has 31 heavy (non-hydrogen) atoms. The first-order valence-electron chi connectivity index (χ1n) is 10.2. The van der Waals surface area contributed by atoms with Crippen molar-refractivity contribution in [2.75, 3.05) is 0 Å². The summed E-state index contributed by atoms with van der Waals surface area (Å²) in [5.41, 5.74) is 1.38. The molecule has 0 heterocycles. The van der Waals surface area contributed by atoms with Gasteiger partial charge in [0.2, 0.25) is 6.10 Å². The smallest absolute Gasteiger partial charge is 0.315 e. The Morgan fingerprint density at radius 2 is 1.65 bits per heavy atom. The Labute approximate surface area is 188 Å². The molecule has 0 spiro atoms. The minimum atomic E-state index is -1.04. The van der Waals surface area contributed by atoms with E-state index in [0.29, 0.717) is 22.1 Å². The topological polar surface area (TPSA) is 59.3 Å². The molecule has 3 unspecified atom stereocenters. The van der Waals surface area contributed by atoms with Crippen LogP contribution in [0.4, 0.5) is 0 Å². The third-order valence-electron chi connectivity index (χ3n) is 5.19. The molecule has 0 saturated heterocycles. The van der Waals surface area contributed by atoms with Gasteiger partial charge in [-0.25, -0.2) is 0 Å². The van der Waals surface area contributed by atoms with Crippen molar-refractivity contribution in [1.29, 1.82) is 5.26 Å². The van der Waals surface area contributed by atoms with E-state index in [4.69, 9.17) is 21.1 Å². The Bertz CT molecular complexity index is 1040. The zero-order chi connectivity index (χ0) is 22.2. The van der Waals surface area contributed by atoms with Crippen LogP contribution in [0, 0.1) is 17.2 Å². The van der Waals surface area contributed by atoms with Crippen molar-refractivity contribution in [1.82, 2.24) is 0 Å². The predicted molar refractivity (Wildman–Crippen MR) is 121 cm³/mol. The number of ether oxygens (including phenoxy) is 2. The van der Waals surface area contributed by atoms with Crippen LogP contribution in [0.15, 0.2) is 78.9 Å². The maximum absolute atomic E-state index is 13.1. The van der Waals surface area contributed by atoms with Gasteiger partial charge in [0.05, 0.1) is 5.92 Å². The molecule has 3 aromatic carbocycles. The first kappa shape index (κ1) is 22.4. The number of nitriles is 1. The molecule has 4 nitrogen and oxygen atoms in total. The van der Waals surface area contributed by atoms with Crippen molar-refractivity contribution in [3.05, 3.63) is 95.0 Å². The van der Waals surface area contributed by atoms with Crippen molar-refractivity contribution >= 4 is 17.6 Å². The Hall–Kier alpha value is -3.29. The van der Waals surface area contributed by atoms with E-state index in [1.54, 1.807) is 36.4 Å². The highest BCUT2D eigenvalue weighted by Gasteiger charge is 2.30. The molecule has 0 radical (unpaired) electrons. The number of nitrogens with zero attached hydrogens (tertiary/aromatic N) is 1. The third-order valence-corrected chi connectivity index (χ3v) is 5.44. The van der Waals surface area contributed by atoms with Crippen molar-refractivity contribution in [3.63, 3.8) is 0 Å². The summed E-state index contributed by atoms with van der Waals surface area (Å²) < 4.78 is 11.5. The Balaban J connectivity index is 1.80. The molecule has 3 aromatic rings. The second-order valence-corrected chi connectivity index (χ2v) is 7.78. The Morgan fingerprint density at radius 3 is 2.29 bits per heavy atom. The van der Waals surface area contributed by atoms with Crippen LogP contribution in [0.1, 0.15) is 43.4 Å². The second-order valence-electron chi connectivity index (χ2n) is 7.35. The molecule has 0 saturated carbocycles. The molecule has 3 rings (SSSR count). The van der Waals surface area contributed by atoms with E-state index < -0.39 is 18.0 Å². The van der Waals surface area contributed by atoms with Crippen molar-refractivity contribution in [2.24, 2.45) is 5.92 Å². The van der Waals surface area contributed by atoms with Crippen LogP contribution < -0.4 is 4.74 Å². The fourth-order valence-electron chi connectivity index (χ4n) is 3.33. The Kier molecular flexibility index (Phi) is 7.70. The molecule has 0 aliphatic rings. The van der Waals surface area contributed by atoms with Gasteiger partial charge in [-0.1, -0.05) is 74.3 Å². The van der Waals surface area contributed by atoms with E-state index in [9.17, 15) is 10.1 Å². The Morgan fingerprint density at radius 1 is 0.968 bits per heavy atom. The standard InChI is InChI=1S/C26H24ClNO3/c1-3-18(2)25(19-12-14-21(27)15-13-19)26(29)31-24(17-28)20-8-7-11-23(16-20)30-22-9-5-4-6-10-22/h4-16,18,24-25H,3H2,1-2H3. The van der Waals surface area contributed by atoms with Gasteiger partial charge in [0, 0.05) is 10.6 Å². The van der Waals surface area contributed by atoms with Gasteiger partial charge in [-0.3, -0.25) is 4.79 Å². The van der Waals surface area contributed by atoms with Crippen LogP contribution in [0.25, 0.3) is 0 Å². The zero-order valence-electron chi connectivity index (χ0n) is 17.5. The second kappa shape index (κ2) is 10.7. The molecule has 0 N–H and O–H groups in total. The molecular weight excluding hydrogens is 410 g/mol. The third kappa shape index (κ3) is 5.87. The largest absolute Gasteiger partial charge is 0.457 e. The number of esters is 1. The average molecular weight is 434 g/mol. The summed E-state index contributed by atoms with van der Waals surface area (Å²) in [5, 5.41) is 10.3. The number of hydrogen-bond donors (Lipinski definition) is 0. The summed E-state index contributed by atoms with van der Waals surface area (Å²) in [6, 6.07) is 25.7. The van der Waals surface area contributed by atoms with E-state index in [2.05, 4.69) is 6.07 Å². The van der Waals surface area contributed by atoms with Gasteiger partial charge in [-0.2, -0.15) is 5.26 Å². The van der Waals surface area contributed by atoms with Crippen LogP contribution in [-0.2, 0) is 9.53 Å². The molecule has 0 aliphatic heterocycles. The van der Waals surface area contributed by atoms with Crippen LogP contribution >= 0.6 is 11.6 Å². The zero-order valence-corrected chi connectivity index (χ0v) is 18.3. The number of rotatable bonds is 8. The lowest BCUT2D eigenvalue weighted by Gasteiger charge is -2.23. The van der Waals surface area contributed by atoms with Gasteiger partial charge in [0.15, 0.2) is 0 Å². The van der Waals surface area contributed by atoms with Gasteiger partial charge >= 0.3 is 5.97 Å². The van der Waals surface area contributed by atoms with Gasteiger partial charge < -0.3 is 9.47 Å². The van der Waals surface area contributed by atoms with E-state index in [0.717, 1.165) is 12.0 Å². The summed E-state index contributed by atoms with van der Waals surface area (Å²) in [6.45, 7) is 4.02. The fourth-order valence-corrected chi connectivity index (χ4v) is 3.45. The number of halogens is 1. The fraction of sp³-hybridized carbons (Fsp3) is 0.231. The van der Waals surface area contributed by atoms with E-state index in [1.807, 2.05) is 56.3 Å². The maximum atomic E-state index is 13.1. The van der Waals surface area contributed by atoms with Gasteiger partial charge in [-0.15, -0.1) is 0 Å². The van der Waals surface area contributed by atoms with E-state index in [-0.39, 0.29) is 5.92 Å². The van der Waals surface area contributed by atoms with Crippen LogP contribution in [-0.4, -0.2) is 5.97 Å². The highest BCUT2D eigenvalue weighted by atomic mass is 35.5. The molecule has 0 amide bonds. The van der Waals surface area contributed by atoms with Crippen molar-refractivity contribution in [3.8, 4) is 17.6 Å². The summed E-state index contributed by atoms with van der Waals surface area (Å²) in [7, 11) is 0. The molecule has 158 valence electrons. The number of carbonyl (C=O) groups is 1. The highest BCUT2D eigenvalue weighted by Crippen LogP contribution is 2.32. The van der Waals surface area contributed by atoms with Gasteiger partial charge in [0.25, 0.3) is 0 Å². The molecule has 5 heteroatoms. The first-order chi connectivity index (χ1) is 15.0. The normalized spacial score (nSPS) is 13.5. The van der Waals surface area contributed by atoms with Crippen molar-refractivity contribution < 1.29 is 14.3 Å². The van der Waals surface area contributed by atoms with E-state index in [1.165, 1.54) is 0 Å². The number of para-hydroxylation sites is 1. The minimum Gasteiger partial charge on any atom is -0.457 e. The molecule has 0 fully saturated rings. The maximum Gasteiger partial charge on any atom is 0.315 e. The first-order valence-corrected chi connectivity index (χ1v) is 10.6. The summed E-state index contributed by atoms with van der Waals surface area (Å²) in [5.74, 6) is 0.376. The lowest BCUT2D eigenvalue weighted by Crippen LogP contribution is -2.23. The van der Waals surface area contributed by atoms with Crippen LogP contribution in [0.3, 0.4) is 0 Å². The highest BCUT2D eigenvalue weighted by molar-refractivity contribution is 6.30. The minimum absolute atomic E-state index is 0.0424.